The Bertz CT molecular complexity index is 1050. The van der Waals surface area contributed by atoms with Gasteiger partial charge in [0.1, 0.15) is 4.90 Å². The first-order chi connectivity index (χ1) is 12.0. The zero-order chi connectivity index (χ0) is 17.6. The predicted octanol–water partition coefficient (Wildman–Crippen LogP) is 3.41. The smallest absolute Gasteiger partial charge is 0.243 e. The number of aryl methyl sites for hydroxylation is 2. The summed E-state index contributed by atoms with van der Waals surface area (Å²) >= 11 is 0. The van der Waals surface area contributed by atoms with E-state index in [1.54, 1.807) is 18.2 Å². The first kappa shape index (κ1) is 16.2. The van der Waals surface area contributed by atoms with Crippen LogP contribution in [0.2, 0.25) is 0 Å². The minimum atomic E-state index is -3.67. The maximum absolute atomic E-state index is 12.8. The molecule has 0 radical (unpaired) electrons. The Morgan fingerprint density at radius 2 is 2.00 bits per heavy atom. The molecule has 5 nitrogen and oxygen atoms in total. The molecule has 1 aliphatic rings. The topological polar surface area (TPSA) is 88.0 Å². The summed E-state index contributed by atoms with van der Waals surface area (Å²) in [6.45, 7) is 2.07. The summed E-state index contributed by atoms with van der Waals surface area (Å²) in [6.07, 6.45) is 2.68. The van der Waals surface area contributed by atoms with Crippen molar-refractivity contribution in [1.82, 2.24) is 9.71 Å². The molecule has 0 bridgehead atoms. The molecule has 1 unspecified atom stereocenters. The zero-order valence-corrected chi connectivity index (χ0v) is 14.9. The summed E-state index contributed by atoms with van der Waals surface area (Å²) in [5.41, 5.74) is 10.6. The number of nitrogens with one attached hydrogen (secondary N) is 2. The number of anilines is 1. The molecule has 1 aromatic heterocycles. The Labute approximate surface area is 147 Å². The van der Waals surface area contributed by atoms with Crippen molar-refractivity contribution in [2.75, 3.05) is 5.73 Å². The molecule has 4 N–H and O–H groups in total. The van der Waals surface area contributed by atoms with E-state index in [4.69, 9.17) is 5.73 Å². The Kier molecular flexibility index (Phi) is 3.81. The number of aromatic amines is 1. The Morgan fingerprint density at radius 1 is 1.20 bits per heavy atom. The maximum Gasteiger partial charge on any atom is 0.243 e. The highest BCUT2D eigenvalue weighted by Gasteiger charge is 2.29. The van der Waals surface area contributed by atoms with Crippen LogP contribution in [0, 0.1) is 6.92 Å². The molecule has 0 aliphatic heterocycles. The lowest BCUT2D eigenvalue weighted by atomic mass is 9.92. The molecular formula is C19H21N3O2S. The van der Waals surface area contributed by atoms with Gasteiger partial charge >= 0.3 is 0 Å². The van der Waals surface area contributed by atoms with Gasteiger partial charge in [-0.05, 0) is 56.0 Å². The third-order valence-electron chi connectivity index (χ3n) is 4.87. The van der Waals surface area contributed by atoms with Gasteiger partial charge in [0.25, 0.3) is 0 Å². The van der Waals surface area contributed by atoms with Gasteiger partial charge in [-0.3, -0.25) is 0 Å². The number of nitrogen functional groups attached to an aromatic ring is 1. The average molecular weight is 355 g/mol. The lowest BCUT2D eigenvalue weighted by Gasteiger charge is -2.24. The van der Waals surface area contributed by atoms with Crippen LogP contribution < -0.4 is 10.5 Å². The number of hydrogen-bond donors (Lipinski definition) is 3. The Balaban J connectivity index is 1.74. The van der Waals surface area contributed by atoms with Crippen LogP contribution in [0.25, 0.3) is 10.9 Å². The molecule has 2 aromatic carbocycles. The van der Waals surface area contributed by atoms with Gasteiger partial charge in [0, 0.05) is 16.6 Å². The van der Waals surface area contributed by atoms with Crippen LogP contribution >= 0.6 is 0 Å². The normalized spacial score (nSPS) is 17.6. The first-order valence-electron chi connectivity index (χ1n) is 8.43. The second-order valence-corrected chi connectivity index (χ2v) is 8.35. The summed E-state index contributed by atoms with van der Waals surface area (Å²) in [5, 5.41) is 1.19. The fraction of sp³-hybridized carbons (Fsp3) is 0.263. The zero-order valence-electron chi connectivity index (χ0n) is 14.0. The van der Waals surface area contributed by atoms with E-state index in [0.29, 0.717) is 0 Å². The molecule has 25 heavy (non-hydrogen) atoms. The minimum absolute atomic E-state index is 0.133. The molecule has 130 valence electrons. The van der Waals surface area contributed by atoms with E-state index >= 15 is 0 Å². The van der Waals surface area contributed by atoms with Gasteiger partial charge in [-0.15, -0.1) is 0 Å². The van der Waals surface area contributed by atoms with E-state index in [0.717, 1.165) is 30.5 Å². The lowest BCUT2D eigenvalue weighted by Crippen LogP contribution is -2.31. The van der Waals surface area contributed by atoms with Crippen LogP contribution in [0.3, 0.4) is 0 Å². The van der Waals surface area contributed by atoms with E-state index in [2.05, 4.69) is 34.8 Å². The Hall–Kier alpha value is -2.31. The van der Waals surface area contributed by atoms with E-state index in [-0.39, 0.29) is 16.6 Å². The van der Waals surface area contributed by atoms with Crippen molar-refractivity contribution in [2.24, 2.45) is 0 Å². The number of nitrogens with two attached hydrogens (primary N) is 1. The van der Waals surface area contributed by atoms with Crippen LogP contribution in [-0.4, -0.2) is 13.4 Å². The van der Waals surface area contributed by atoms with Crippen LogP contribution in [0.1, 0.15) is 35.7 Å². The maximum atomic E-state index is 12.8. The van der Waals surface area contributed by atoms with Crippen LogP contribution in [-0.2, 0) is 16.4 Å². The monoisotopic (exact) mass is 355 g/mol. The first-order valence-corrected chi connectivity index (χ1v) is 9.92. The van der Waals surface area contributed by atoms with Gasteiger partial charge < -0.3 is 10.7 Å². The third kappa shape index (κ3) is 2.81. The highest BCUT2D eigenvalue weighted by molar-refractivity contribution is 7.89. The van der Waals surface area contributed by atoms with Crippen LogP contribution in [0.15, 0.2) is 47.4 Å². The second kappa shape index (κ2) is 5.89. The van der Waals surface area contributed by atoms with Crippen molar-refractivity contribution < 1.29 is 8.42 Å². The van der Waals surface area contributed by atoms with E-state index in [1.807, 2.05) is 0 Å². The van der Waals surface area contributed by atoms with Gasteiger partial charge in [-0.1, -0.05) is 23.8 Å². The predicted molar refractivity (Wildman–Crippen MR) is 99.9 cm³/mol. The lowest BCUT2D eigenvalue weighted by molar-refractivity contribution is 0.502. The molecule has 0 spiro atoms. The number of aromatic nitrogens is 1. The summed E-state index contributed by atoms with van der Waals surface area (Å²) in [4.78, 5) is 3.56. The van der Waals surface area contributed by atoms with Crippen LogP contribution in [0.5, 0.6) is 0 Å². The number of H-pyrrole nitrogens is 1. The highest BCUT2D eigenvalue weighted by Crippen LogP contribution is 2.36. The standard InChI is InChI=1S/C19H21N3O2S/c1-12-9-10-16-14(11-12)13-5-4-7-17(19(13)21-16)22-25(23,24)18-8-3-2-6-15(18)20/h2-3,6,8-11,17,21-22H,4-5,7,20H2,1H3. The summed E-state index contributed by atoms with van der Waals surface area (Å²) in [5.74, 6) is 0. The van der Waals surface area contributed by atoms with Crippen molar-refractivity contribution in [1.29, 1.82) is 0 Å². The number of sulfonamides is 1. The van der Waals surface area contributed by atoms with E-state index in [1.165, 1.54) is 22.6 Å². The number of hydrogen-bond acceptors (Lipinski definition) is 3. The van der Waals surface area contributed by atoms with Crippen molar-refractivity contribution >= 4 is 26.6 Å². The van der Waals surface area contributed by atoms with Gasteiger partial charge in [-0.25, -0.2) is 13.1 Å². The average Bonchev–Trinajstić information content (AvgIpc) is 2.94. The highest BCUT2D eigenvalue weighted by atomic mass is 32.2. The molecule has 3 aromatic rings. The molecule has 4 rings (SSSR count). The van der Waals surface area contributed by atoms with Crippen molar-refractivity contribution in [3.63, 3.8) is 0 Å². The van der Waals surface area contributed by atoms with Gasteiger partial charge in [0.2, 0.25) is 10.0 Å². The van der Waals surface area contributed by atoms with E-state index in [9.17, 15) is 8.42 Å². The van der Waals surface area contributed by atoms with Crippen molar-refractivity contribution in [3.8, 4) is 0 Å². The Morgan fingerprint density at radius 3 is 2.80 bits per heavy atom. The summed E-state index contributed by atoms with van der Waals surface area (Å²) in [6, 6.07) is 12.6. The molecule has 0 saturated heterocycles. The molecule has 0 fully saturated rings. The largest absolute Gasteiger partial charge is 0.398 e. The summed E-state index contributed by atoms with van der Waals surface area (Å²) < 4.78 is 28.4. The fourth-order valence-corrected chi connectivity index (χ4v) is 5.04. The molecule has 1 heterocycles. The number of benzene rings is 2. The third-order valence-corrected chi connectivity index (χ3v) is 6.41. The molecule has 1 atom stereocenters. The molecule has 6 heteroatoms. The number of rotatable bonds is 3. The molecule has 1 aliphatic carbocycles. The number of fused-ring (bicyclic) bond motifs is 3. The SMILES string of the molecule is Cc1ccc2[nH]c3c(c2c1)CCCC3NS(=O)(=O)c1ccccc1N. The fourth-order valence-electron chi connectivity index (χ4n) is 3.67. The quantitative estimate of drug-likeness (QED) is 0.629. The van der Waals surface area contributed by atoms with Crippen molar-refractivity contribution in [2.45, 2.75) is 37.1 Å². The molecule has 0 saturated carbocycles. The summed E-state index contributed by atoms with van der Waals surface area (Å²) in [7, 11) is -3.67. The van der Waals surface area contributed by atoms with Crippen molar-refractivity contribution in [3.05, 3.63) is 59.3 Å². The number of para-hydroxylation sites is 1. The van der Waals surface area contributed by atoms with Gasteiger partial charge in [0.15, 0.2) is 0 Å². The molecule has 0 amide bonds. The minimum Gasteiger partial charge on any atom is -0.398 e. The second-order valence-electron chi connectivity index (χ2n) is 6.67. The van der Waals surface area contributed by atoms with E-state index < -0.39 is 10.0 Å². The van der Waals surface area contributed by atoms with Crippen LogP contribution in [0.4, 0.5) is 5.69 Å². The van der Waals surface area contributed by atoms with Gasteiger partial charge in [-0.2, -0.15) is 0 Å². The van der Waals surface area contributed by atoms with Gasteiger partial charge in [0.05, 0.1) is 11.7 Å². The molecular weight excluding hydrogens is 334 g/mol.